The van der Waals surface area contributed by atoms with Gasteiger partial charge in [-0.15, -0.1) is 0 Å². The van der Waals surface area contributed by atoms with Gasteiger partial charge in [0, 0.05) is 13.2 Å². The number of rotatable bonds is 3. The normalized spacial score (nSPS) is 31.6. The SMILES string of the molecule is CC(C)CC1CNCC1CO. The fraction of sp³-hybridized carbons (Fsp3) is 1.00. The Morgan fingerprint density at radius 1 is 1.36 bits per heavy atom. The smallest absolute Gasteiger partial charge is 0.0474 e. The maximum atomic E-state index is 9.01. The van der Waals surface area contributed by atoms with Crippen LogP contribution >= 0.6 is 0 Å². The monoisotopic (exact) mass is 157 g/mol. The van der Waals surface area contributed by atoms with Crippen molar-refractivity contribution in [2.75, 3.05) is 19.7 Å². The largest absolute Gasteiger partial charge is 0.396 e. The van der Waals surface area contributed by atoms with Crippen molar-refractivity contribution >= 4 is 0 Å². The summed E-state index contributed by atoms with van der Waals surface area (Å²) in [6, 6.07) is 0. The van der Waals surface area contributed by atoms with Crippen molar-refractivity contribution in [3.8, 4) is 0 Å². The Morgan fingerprint density at radius 3 is 2.55 bits per heavy atom. The molecule has 0 aromatic carbocycles. The zero-order chi connectivity index (χ0) is 8.27. The third-order valence-electron chi connectivity index (χ3n) is 2.49. The van der Waals surface area contributed by atoms with Crippen molar-refractivity contribution in [3.05, 3.63) is 0 Å². The van der Waals surface area contributed by atoms with E-state index in [0.717, 1.165) is 19.0 Å². The molecule has 0 spiro atoms. The molecule has 1 heterocycles. The van der Waals surface area contributed by atoms with Gasteiger partial charge in [0.2, 0.25) is 0 Å². The van der Waals surface area contributed by atoms with Crippen molar-refractivity contribution in [1.82, 2.24) is 5.32 Å². The second-order valence-electron chi connectivity index (χ2n) is 3.99. The van der Waals surface area contributed by atoms with Gasteiger partial charge in [0.05, 0.1) is 0 Å². The van der Waals surface area contributed by atoms with E-state index in [2.05, 4.69) is 19.2 Å². The highest BCUT2D eigenvalue weighted by atomic mass is 16.3. The van der Waals surface area contributed by atoms with E-state index in [4.69, 9.17) is 5.11 Å². The standard InChI is InChI=1S/C9H19NO/c1-7(2)3-8-4-10-5-9(8)6-11/h7-11H,3-6H2,1-2H3. The zero-order valence-corrected chi connectivity index (χ0v) is 7.51. The first-order valence-corrected chi connectivity index (χ1v) is 4.55. The molecular weight excluding hydrogens is 138 g/mol. The molecule has 11 heavy (non-hydrogen) atoms. The van der Waals surface area contributed by atoms with Crippen LogP contribution in [0.15, 0.2) is 0 Å². The molecule has 0 aromatic rings. The molecule has 0 aliphatic carbocycles. The average molecular weight is 157 g/mol. The van der Waals surface area contributed by atoms with E-state index in [0.29, 0.717) is 18.4 Å². The van der Waals surface area contributed by atoms with Crippen LogP contribution in [-0.2, 0) is 0 Å². The molecular formula is C9H19NO. The van der Waals surface area contributed by atoms with Gasteiger partial charge in [0.25, 0.3) is 0 Å². The van der Waals surface area contributed by atoms with Gasteiger partial charge in [-0.05, 0) is 30.7 Å². The molecule has 1 aliphatic rings. The lowest BCUT2D eigenvalue weighted by molar-refractivity contribution is 0.193. The summed E-state index contributed by atoms with van der Waals surface area (Å²) in [7, 11) is 0. The summed E-state index contributed by atoms with van der Waals surface area (Å²) in [5.41, 5.74) is 0. The molecule has 1 aliphatic heterocycles. The number of hydrogen-bond acceptors (Lipinski definition) is 2. The third kappa shape index (κ3) is 2.46. The molecule has 66 valence electrons. The summed E-state index contributed by atoms with van der Waals surface area (Å²) in [5, 5.41) is 12.3. The quantitative estimate of drug-likeness (QED) is 0.637. The summed E-state index contributed by atoms with van der Waals surface area (Å²) in [6.07, 6.45) is 1.25. The first kappa shape index (κ1) is 9.01. The Hall–Kier alpha value is -0.0800. The maximum Gasteiger partial charge on any atom is 0.0474 e. The van der Waals surface area contributed by atoms with Crippen LogP contribution in [0.25, 0.3) is 0 Å². The van der Waals surface area contributed by atoms with Crippen LogP contribution in [0.3, 0.4) is 0 Å². The minimum Gasteiger partial charge on any atom is -0.396 e. The highest BCUT2D eigenvalue weighted by Crippen LogP contribution is 2.23. The maximum absolute atomic E-state index is 9.01. The molecule has 0 radical (unpaired) electrons. The first-order valence-electron chi connectivity index (χ1n) is 4.55. The van der Waals surface area contributed by atoms with Crippen LogP contribution in [0, 0.1) is 17.8 Å². The summed E-state index contributed by atoms with van der Waals surface area (Å²) in [6.45, 7) is 6.95. The van der Waals surface area contributed by atoms with Crippen molar-refractivity contribution in [2.45, 2.75) is 20.3 Å². The molecule has 2 atom stereocenters. The van der Waals surface area contributed by atoms with Gasteiger partial charge in [0.1, 0.15) is 0 Å². The van der Waals surface area contributed by atoms with Gasteiger partial charge in [-0.2, -0.15) is 0 Å². The van der Waals surface area contributed by atoms with E-state index >= 15 is 0 Å². The van der Waals surface area contributed by atoms with Crippen LogP contribution in [0.1, 0.15) is 20.3 Å². The minimum absolute atomic E-state index is 0.352. The minimum atomic E-state index is 0.352. The second kappa shape index (κ2) is 4.07. The van der Waals surface area contributed by atoms with E-state index in [1.54, 1.807) is 0 Å². The van der Waals surface area contributed by atoms with E-state index < -0.39 is 0 Å². The lowest BCUT2D eigenvalue weighted by atomic mass is 9.89. The predicted molar refractivity (Wildman–Crippen MR) is 46.4 cm³/mol. The van der Waals surface area contributed by atoms with Crippen LogP contribution in [0.4, 0.5) is 0 Å². The van der Waals surface area contributed by atoms with Gasteiger partial charge in [-0.1, -0.05) is 13.8 Å². The Balaban J connectivity index is 2.31. The molecule has 1 saturated heterocycles. The molecule has 2 unspecified atom stereocenters. The number of hydrogen-bond donors (Lipinski definition) is 2. The van der Waals surface area contributed by atoms with E-state index in [1.165, 1.54) is 6.42 Å². The highest BCUT2D eigenvalue weighted by Gasteiger charge is 2.26. The van der Waals surface area contributed by atoms with Gasteiger partial charge >= 0.3 is 0 Å². The van der Waals surface area contributed by atoms with Crippen LogP contribution in [0.2, 0.25) is 0 Å². The first-order chi connectivity index (χ1) is 5.24. The molecule has 1 fully saturated rings. The topological polar surface area (TPSA) is 32.3 Å². The van der Waals surface area contributed by atoms with Crippen molar-refractivity contribution in [2.24, 2.45) is 17.8 Å². The molecule has 2 heteroatoms. The summed E-state index contributed by atoms with van der Waals surface area (Å²) >= 11 is 0. The number of aliphatic hydroxyl groups excluding tert-OH is 1. The fourth-order valence-electron chi connectivity index (χ4n) is 1.88. The van der Waals surface area contributed by atoms with Gasteiger partial charge < -0.3 is 10.4 Å². The second-order valence-corrected chi connectivity index (χ2v) is 3.99. The van der Waals surface area contributed by atoms with Gasteiger partial charge in [0.15, 0.2) is 0 Å². The Labute approximate surface area is 69.0 Å². The van der Waals surface area contributed by atoms with Crippen LogP contribution in [0.5, 0.6) is 0 Å². The fourth-order valence-corrected chi connectivity index (χ4v) is 1.88. The third-order valence-corrected chi connectivity index (χ3v) is 2.49. The van der Waals surface area contributed by atoms with Crippen molar-refractivity contribution < 1.29 is 5.11 Å². The Kier molecular flexibility index (Phi) is 3.34. The predicted octanol–water partition coefficient (Wildman–Crippen LogP) is 0.860. The molecule has 2 nitrogen and oxygen atoms in total. The van der Waals surface area contributed by atoms with Crippen LogP contribution in [-0.4, -0.2) is 24.8 Å². The van der Waals surface area contributed by atoms with E-state index in [1.807, 2.05) is 0 Å². The van der Waals surface area contributed by atoms with E-state index in [-0.39, 0.29) is 0 Å². The summed E-state index contributed by atoms with van der Waals surface area (Å²) < 4.78 is 0. The average Bonchev–Trinajstić information content (AvgIpc) is 2.34. The highest BCUT2D eigenvalue weighted by molar-refractivity contribution is 4.80. The molecule has 2 N–H and O–H groups in total. The molecule has 1 rings (SSSR count). The lowest BCUT2D eigenvalue weighted by Gasteiger charge is -2.17. The zero-order valence-electron chi connectivity index (χ0n) is 7.51. The molecule has 0 amide bonds. The number of aliphatic hydroxyl groups is 1. The molecule has 0 aromatic heterocycles. The lowest BCUT2D eigenvalue weighted by Crippen LogP contribution is -2.17. The Morgan fingerprint density at radius 2 is 2.00 bits per heavy atom. The van der Waals surface area contributed by atoms with E-state index in [9.17, 15) is 0 Å². The van der Waals surface area contributed by atoms with Gasteiger partial charge in [-0.3, -0.25) is 0 Å². The summed E-state index contributed by atoms with van der Waals surface area (Å²) in [4.78, 5) is 0. The van der Waals surface area contributed by atoms with Crippen molar-refractivity contribution in [1.29, 1.82) is 0 Å². The molecule has 0 bridgehead atoms. The van der Waals surface area contributed by atoms with Gasteiger partial charge in [-0.25, -0.2) is 0 Å². The van der Waals surface area contributed by atoms with Crippen molar-refractivity contribution in [3.63, 3.8) is 0 Å². The Bertz CT molecular complexity index is 114. The molecule has 0 saturated carbocycles. The van der Waals surface area contributed by atoms with Crippen LogP contribution < -0.4 is 5.32 Å². The number of nitrogens with one attached hydrogen (secondary N) is 1. The summed E-state index contributed by atoms with van der Waals surface area (Å²) in [5.74, 6) is 1.98.